The Morgan fingerprint density at radius 1 is 1.15 bits per heavy atom. The second-order valence-corrected chi connectivity index (χ2v) is 7.22. The zero-order chi connectivity index (χ0) is 17.8. The molecular formula is C20H17ClN2O3. The number of hydrogen-bond donors (Lipinski definition) is 0. The third kappa shape index (κ3) is 2.28. The average molecular weight is 369 g/mol. The van der Waals surface area contributed by atoms with Crippen LogP contribution in [0.4, 0.5) is 11.6 Å². The molecule has 1 fully saturated rings. The quantitative estimate of drug-likeness (QED) is 0.646. The van der Waals surface area contributed by atoms with E-state index in [9.17, 15) is 4.79 Å². The maximum atomic E-state index is 13.3. The first kappa shape index (κ1) is 15.9. The number of hydroxylamine groups is 2. The van der Waals surface area contributed by atoms with Gasteiger partial charge >= 0.3 is 0 Å². The van der Waals surface area contributed by atoms with E-state index in [1.54, 1.807) is 23.3 Å². The third-order valence-electron chi connectivity index (χ3n) is 5.23. The van der Waals surface area contributed by atoms with Gasteiger partial charge in [0.1, 0.15) is 5.58 Å². The number of benzene rings is 2. The van der Waals surface area contributed by atoms with Crippen molar-refractivity contribution in [1.29, 1.82) is 0 Å². The summed E-state index contributed by atoms with van der Waals surface area (Å²) in [6.45, 7) is 1.31. The Kier molecular flexibility index (Phi) is 3.57. The topological polar surface area (TPSA) is 45.9 Å². The highest BCUT2D eigenvalue weighted by molar-refractivity contribution is 6.31. The Hall–Kier alpha value is -2.34. The fourth-order valence-electron chi connectivity index (χ4n) is 4.03. The number of rotatable bonds is 1. The lowest BCUT2D eigenvalue weighted by Crippen LogP contribution is -2.39. The van der Waals surface area contributed by atoms with Crippen molar-refractivity contribution in [1.82, 2.24) is 5.06 Å². The van der Waals surface area contributed by atoms with E-state index >= 15 is 0 Å². The highest BCUT2D eigenvalue weighted by atomic mass is 35.5. The van der Waals surface area contributed by atoms with Crippen molar-refractivity contribution in [3.05, 3.63) is 69.3 Å². The van der Waals surface area contributed by atoms with E-state index in [4.69, 9.17) is 20.9 Å². The highest BCUT2D eigenvalue weighted by Crippen LogP contribution is 2.45. The van der Waals surface area contributed by atoms with Crippen LogP contribution in [0.2, 0.25) is 5.02 Å². The molecule has 0 spiro atoms. The molecule has 2 aliphatic heterocycles. The van der Waals surface area contributed by atoms with Crippen LogP contribution >= 0.6 is 11.6 Å². The summed E-state index contributed by atoms with van der Waals surface area (Å²) in [7, 11) is 1.87. The molecule has 5 rings (SSSR count). The summed E-state index contributed by atoms with van der Waals surface area (Å²) in [6, 6.07) is 15.0. The maximum absolute atomic E-state index is 13.3. The van der Waals surface area contributed by atoms with Crippen LogP contribution in [0.25, 0.3) is 11.0 Å². The molecule has 0 saturated carbocycles. The minimum absolute atomic E-state index is 0.0223. The van der Waals surface area contributed by atoms with Crippen LogP contribution in [0.1, 0.15) is 11.6 Å². The van der Waals surface area contributed by atoms with E-state index in [0.29, 0.717) is 34.0 Å². The number of para-hydroxylation sites is 1. The number of anilines is 2. The molecule has 132 valence electrons. The molecule has 26 heavy (non-hydrogen) atoms. The number of halogens is 1. The summed E-state index contributed by atoms with van der Waals surface area (Å²) in [4.78, 5) is 21.1. The molecule has 1 aromatic heterocycles. The van der Waals surface area contributed by atoms with E-state index in [-0.39, 0.29) is 17.4 Å². The molecule has 0 amide bonds. The number of fused-ring (bicyclic) bond motifs is 4. The molecule has 0 unspecified atom stereocenters. The molecule has 3 aromatic rings. The van der Waals surface area contributed by atoms with Gasteiger partial charge in [-0.1, -0.05) is 29.8 Å². The van der Waals surface area contributed by atoms with Crippen molar-refractivity contribution in [2.75, 3.05) is 25.1 Å². The fourth-order valence-corrected chi connectivity index (χ4v) is 4.19. The molecule has 0 radical (unpaired) electrons. The zero-order valence-corrected chi connectivity index (χ0v) is 14.9. The molecule has 2 aliphatic rings. The lowest BCUT2D eigenvalue weighted by atomic mass is 9.89. The summed E-state index contributed by atoms with van der Waals surface area (Å²) in [5, 5.41) is 2.87. The van der Waals surface area contributed by atoms with Crippen LogP contribution in [0, 0.1) is 5.92 Å². The SMILES string of the molecule is CN1OC[C@@H]2CN(c3ccccc3)c3oc4cc(Cl)ccc4c(=O)c3[C@@H]21. The van der Waals surface area contributed by atoms with Gasteiger partial charge in [0.05, 0.1) is 23.6 Å². The molecule has 0 N–H and O–H groups in total. The van der Waals surface area contributed by atoms with Crippen LogP contribution in [-0.4, -0.2) is 25.3 Å². The molecule has 5 nitrogen and oxygen atoms in total. The van der Waals surface area contributed by atoms with Gasteiger partial charge in [-0.15, -0.1) is 0 Å². The van der Waals surface area contributed by atoms with Gasteiger partial charge < -0.3 is 9.32 Å². The molecule has 3 heterocycles. The summed E-state index contributed by atoms with van der Waals surface area (Å²) in [5.41, 5.74) is 2.12. The van der Waals surface area contributed by atoms with Crippen molar-refractivity contribution < 1.29 is 9.25 Å². The van der Waals surface area contributed by atoms with Gasteiger partial charge in [0.2, 0.25) is 5.88 Å². The molecule has 6 heteroatoms. The Labute approximate surface area is 155 Å². The fraction of sp³-hybridized carbons (Fsp3) is 0.250. The lowest BCUT2D eigenvalue weighted by molar-refractivity contribution is -0.110. The maximum Gasteiger partial charge on any atom is 0.209 e. The number of nitrogens with zero attached hydrogens (tertiary/aromatic N) is 2. The van der Waals surface area contributed by atoms with E-state index in [0.717, 1.165) is 12.2 Å². The van der Waals surface area contributed by atoms with Crippen LogP contribution in [-0.2, 0) is 4.84 Å². The summed E-state index contributed by atoms with van der Waals surface area (Å²) < 4.78 is 6.23. The van der Waals surface area contributed by atoms with Crippen molar-refractivity contribution >= 4 is 34.1 Å². The lowest BCUT2D eigenvalue weighted by Gasteiger charge is -2.36. The van der Waals surface area contributed by atoms with Gasteiger partial charge in [0.15, 0.2) is 5.43 Å². The van der Waals surface area contributed by atoms with Crippen LogP contribution in [0.15, 0.2) is 57.7 Å². The van der Waals surface area contributed by atoms with Crippen LogP contribution in [0.3, 0.4) is 0 Å². The molecule has 2 atom stereocenters. The normalized spacial score (nSPS) is 22.5. The summed E-state index contributed by atoms with van der Waals surface area (Å²) in [6.07, 6.45) is 0. The highest BCUT2D eigenvalue weighted by Gasteiger charge is 2.45. The molecule has 1 saturated heterocycles. The third-order valence-corrected chi connectivity index (χ3v) is 5.46. The van der Waals surface area contributed by atoms with Crippen molar-refractivity contribution in [3.8, 4) is 0 Å². The van der Waals surface area contributed by atoms with Crippen LogP contribution in [0.5, 0.6) is 0 Å². The second-order valence-electron chi connectivity index (χ2n) is 6.78. The minimum atomic E-state index is -0.110. The van der Waals surface area contributed by atoms with E-state index < -0.39 is 0 Å². The largest absolute Gasteiger partial charge is 0.439 e. The van der Waals surface area contributed by atoms with Crippen LogP contribution < -0.4 is 10.3 Å². The first-order valence-electron chi connectivity index (χ1n) is 8.58. The first-order chi connectivity index (χ1) is 12.6. The predicted molar refractivity (Wildman–Crippen MR) is 101 cm³/mol. The van der Waals surface area contributed by atoms with E-state index in [1.807, 2.05) is 37.4 Å². The van der Waals surface area contributed by atoms with Gasteiger partial charge in [-0.25, -0.2) is 0 Å². The van der Waals surface area contributed by atoms with Gasteiger partial charge in [-0.3, -0.25) is 9.63 Å². The second kappa shape index (κ2) is 5.84. The molecular weight excluding hydrogens is 352 g/mol. The van der Waals surface area contributed by atoms with Crippen molar-refractivity contribution in [2.45, 2.75) is 6.04 Å². The Morgan fingerprint density at radius 2 is 1.96 bits per heavy atom. The average Bonchev–Trinajstić information content (AvgIpc) is 3.02. The van der Waals surface area contributed by atoms with Gasteiger partial charge in [0.25, 0.3) is 0 Å². The Bertz CT molecular complexity index is 1050. The standard InChI is InChI=1S/C20H17ClN2O3/c1-22-18-12(11-25-22)10-23(14-5-3-2-4-6-14)20-17(18)19(24)15-8-7-13(21)9-16(15)26-20/h2-9,12,18H,10-11H2,1H3/t12-,18+/m0/s1. The van der Waals surface area contributed by atoms with E-state index in [1.165, 1.54) is 0 Å². The Morgan fingerprint density at radius 3 is 2.77 bits per heavy atom. The summed E-state index contributed by atoms with van der Waals surface area (Å²) >= 11 is 6.12. The molecule has 0 bridgehead atoms. The zero-order valence-electron chi connectivity index (χ0n) is 14.2. The van der Waals surface area contributed by atoms with E-state index in [2.05, 4.69) is 4.90 Å². The number of hydrogen-bond acceptors (Lipinski definition) is 5. The van der Waals surface area contributed by atoms with Crippen molar-refractivity contribution in [3.63, 3.8) is 0 Å². The minimum Gasteiger partial charge on any atom is -0.439 e. The summed E-state index contributed by atoms with van der Waals surface area (Å²) in [5.74, 6) is 0.773. The first-order valence-corrected chi connectivity index (χ1v) is 8.96. The smallest absolute Gasteiger partial charge is 0.209 e. The predicted octanol–water partition coefficient (Wildman–Crippen LogP) is 4.13. The molecule has 0 aliphatic carbocycles. The molecule has 2 aromatic carbocycles. The monoisotopic (exact) mass is 368 g/mol. The van der Waals surface area contributed by atoms with Gasteiger partial charge in [-0.05, 0) is 24.3 Å². The van der Waals surface area contributed by atoms with Gasteiger partial charge in [-0.2, -0.15) is 5.06 Å². The van der Waals surface area contributed by atoms with Crippen molar-refractivity contribution in [2.24, 2.45) is 5.92 Å². The van der Waals surface area contributed by atoms with Gasteiger partial charge in [0, 0.05) is 36.3 Å². The Balaban J connectivity index is 1.82.